The standard InChI is InChI=1S/C17H20ClN2O8P/c1-19(11-3-2-10-18)29(25,26-12-15-8-9-16(27-15)20(23)24)28-14-6-4-13(5-7-14)17(21)22/h4-9H,2-3,10-12H2,1H3,(H,21,22). The van der Waals surface area contributed by atoms with E-state index in [1.165, 1.54) is 41.1 Å². The van der Waals surface area contributed by atoms with Gasteiger partial charge in [-0.3, -0.25) is 14.6 Å². The molecule has 1 atom stereocenters. The molecular weight excluding hydrogens is 427 g/mol. The minimum absolute atomic E-state index is 0.0477. The van der Waals surface area contributed by atoms with Crippen LogP contribution in [0.1, 0.15) is 29.0 Å². The number of benzene rings is 1. The van der Waals surface area contributed by atoms with Crippen LogP contribution in [0.15, 0.2) is 40.8 Å². The lowest BCUT2D eigenvalue weighted by atomic mass is 10.2. The molecule has 1 heterocycles. The fourth-order valence-electron chi connectivity index (χ4n) is 2.23. The molecule has 0 aliphatic rings. The Morgan fingerprint density at radius 3 is 2.52 bits per heavy atom. The maximum absolute atomic E-state index is 13.4. The van der Waals surface area contributed by atoms with Crippen LogP contribution >= 0.6 is 19.3 Å². The van der Waals surface area contributed by atoms with Crippen molar-refractivity contribution in [3.63, 3.8) is 0 Å². The number of unbranched alkanes of at least 4 members (excludes halogenated alkanes) is 1. The minimum Gasteiger partial charge on any atom is -0.478 e. The highest BCUT2D eigenvalue weighted by Gasteiger charge is 2.33. The van der Waals surface area contributed by atoms with Crippen molar-refractivity contribution in [2.24, 2.45) is 0 Å². The summed E-state index contributed by atoms with van der Waals surface area (Å²) in [6.07, 6.45) is 1.34. The van der Waals surface area contributed by atoms with Crippen LogP contribution in [0, 0.1) is 10.1 Å². The van der Waals surface area contributed by atoms with Gasteiger partial charge in [0.2, 0.25) is 0 Å². The third kappa shape index (κ3) is 6.57. The second-order valence-corrected chi connectivity index (χ2v) is 8.38. The maximum Gasteiger partial charge on any atom is 0.461 e. The molecule has 2 aromatic rings. The van der Waals surface area contributed by atoms with Gasteiger partial charge in [0.05, 0.1) is 11.6 Å². The van der Waals surface area contributed by atoms with E-state index in [1.807, 2.05) is 0 Å². The molecule has 0 spiro atoms. The number of hydrogen-bond acceptors (Lipinski definition) is 7. The minimum atomic E-state index is -3.88. The van der Waals surface area contributed by atoms with Gasteiger partial charge in [0, 0.05) is 12.4 Å². The van der Waals surface area contributed by atoms with Gasteiger partial charge >= 0.3 is 19.6 Å². The smallest absolute Gasteiger partial charge is 0.461 e. The van der Waals surface area contributed by atoms with Gasteiger partial charge in [0.1, 0.15) is 23.0 Å². The normalized spacial score (nSPS) is 13.2. The Morgan fingerprint density at radius 2 is 1.97 bits per heavy atom. The van der Waals surface area contributed by atoms with E-state index in [-0.39, 0.29) is 23.7 Å². The molecule has 1 aromatic heterocycles. The number of nitro groups is 1. The molecule has 0 saturated carbocycles. The van der Waals surface area contributed by atoms with Crippen molar-refractivity contribution in [3.8, 4) is 5.75 Å². The second kappa shape index (κ2) is 10.4. The summed E-state index contributed by atoms with van der Waals surface area (Å²) < 4.78 is 30.8. The number of halogens is 1. The van der Waals surface area contributed by atoms with Gasteiger partial charge in [0.25, 0.3) is 0 Å². The topological polar surface area (TPSA) is 132 Å². The van der Waals surface area contributed by atoms with Crippen molar-refractivity contribution in [1.29, 1.82) is 0 Å². The van der Waals surface area contributed by atoms with Gasteiger partial charge in [-0.1, -0.05) is 0 Å². The van der Waals surface area contributed by atoms with Crippen molar-refractivity contribution < 1.29 is 32.9 Å². The van der Waals surface area contributed by atoms with Crippen molar-refractivity contribution in [1.82, 2.24) is 4.67 Å². The Morgan fingerprint density at radius 1 is 1.28 bits per heavy atom. The molecule has 1 aromatic carbocycles. The zero-order valence-corrected chi connectivity index (χ0v) is 17.2. The summed E-state index contributed by atoms with van der Waals surface area (Å²) in [5.41, 5.74) is 0.0477. The van der Waals surface area contributed by atoms with Gasteiger partial charge in [-0.2, -0.15) is 0 Å². The van der Waals surface area contributed by atoms with E-state index < -0.39 is 24.5 Å². The zero-order chi connectivity index (χ0) is 21.4. The number of furan rings is 1. The number of alkyl halides is 1. The zero-order valence-electron chi connectivity index (χ0n) is 15.5. The number of carbonyl (C=O) groups is 1. The van der Waals surface area contributed by atoms with E-state index in [0.29, 0.717) is 25.3 Å². The Labute approximate surface area is 171 Å². The summed E-state index contributed by atoms with van der Waals surface area (Å²) in [5.74, 6) is -0.858. The van der Waals surface area contributed by atoms with Gasteiger partial charge in [-0.25, -0.2) is 14.0 Å². The van der Waals surface area contributed by atoms with Crippen LogP contribution in [-0.4, -0.2) is 40.1 Å². The van der Waals surface area contributed by atoms with E-state index in [9.17, 15) is 19.5 Å². The summed E-state index contributed by atoms with van der Waals surface area (Å²) in [6, 6.07) is 7.86. The van der Waals surface area contributed by atoms with Crippen molar-refractivity contribution in [2.75, 3.05) is 19.5 Å². The summed E-state index contributed by atoms with van der Waals surface area (Å²) in [7, 11) is -2.33. The lowest BCUT2D eigenvalue weighted by Gasteiger charge is -2.26. The van der Waals surface area contributed by atoms with Crippen LogP contribution < -0.4 is 4.52 Å². The average Bonchev–Trinajstić information content (AvgIpc) is 3.16. The first-order valence-corrected chi connectivity index (χ1v) is 10.6. The SMILES string of the molecule is CN(CCCCCl)P(=O)(OCc1ccc([N+](=O)[O-])o1)Oc1ccc(C(=O)O)cc1. The lowest BCUT2D eigenvalue weighted by molar-refractivity contribution is -0.402. The van der Waals surface area contributed by atoms with E-state index in [4.69, 9.17) is 30.2 Å². The van der Waals surface area contributed by atoms with Gasteiger partial charge in [0.15, 0.2) is 0 Å². The molecule has 0 saturated heterocycles. The van der Waals surface area contributed by atoms with Crippen LogP contribution in [0.25, 0.3) is 0 Å². The van der Waals surface area contributed by atoms with Crippen LogP contribution in [0.5, 0.6) is 5.75 Å². The average molecular weight is 447 g/mol. The van der Waals surface area contributed by atoms with Gasteiger partial charge < -0.3 is 14.0 Å². The first kappa shape index (κ1) is 22.9. The van der Waals surface area contributed by atoms with Gasteiger partial charge in [-0.05, 0) is 50.2 Å². The lowest BCUT2D eigenvalue weighted by Crippen LogP contribution is -2.21. The fraction of sp³-hybridized carbons (Fsp3) is 0.353. The highest BCUT2D eigenvalue weighted by atomic mass is 35.5. The largest absolute Gasteiger partial charge is 0.478 e. The fourth-order valence-corrected chi connectivity index (χ4v) is 3.87. The summed E-state index contributed by atoms with van der Waals surface area (Å²) in [4.78, 5) is 21.0. The molecular formula is C17H20ClN2O8P. The highest BCUT2D eigenvalue weighted by Crippen LogP contribution is 2.51. The quantitative estimate of drug-likeness (QED) is 0.164. The molecule has 0 aliphatic carbocycles. The molecule has 0 bridgehead atoms. The second-order valence-electron chi connectivity index (χ2n) is 5.94. The third-order valence-electron chi connectivity index (χ3n) is 3.80. The molecule has 2 rings (SSSR count). The number of hydrogen-bond donors (Lipinski definition) is 1. The van der Waals surface area contributed by atoms with Crippen LogP contribution in [0.4, 0.5) is 5.88 Å². The number of aromatic carboxylic acids is 1. The number of nitrogens with zero attached hydrogens (tertiary/aromatic N) is 2. The summed E-state index contributed by atoms with van der Waals surface area (Å²) in [5, 5.41) is 19.7. The van der Waals surface area contributed by atoms with E-state index in [2.05, 4.69) is 0 Å². The van der Waals surface area contributed by atoms with Crippen molar-refractivity contribution >= 4 is 31.2 Å². The Hall–Kier alpha value is -2.39. The first-order valence-electron chi connectivity index (χ1n) is 8.53. The van der Waals surface area contributed by atoms with Crippen molar-refractivity contribution in [3.05, 3.63) is 57.8 Å². The summed E-state index contributed by atoms with van der Waals surface area (Å²) in [6.45, 7) is 0.0354. The van der Waals surface area contributed by atoms with Crippen LogP contribution in [0.2, 0.25) is 0 Å². The van der Waals surface area contributed by atoms with E-state index >= 15 is 0 Å². The molecule has 1 N–H and O–H groups in total. The molecule has 0 aliphatic heterocycles. The molecule has 0 amide bonds. The highest BCUT2D eigenvalue weighted by molar-refractivity contribution is 7.51. The first-order chi connectivity index (χ1) is 13.7. The molecule has 1 unspecified atom stereocenters. The number of carboxylic acid groups (broad SMARTS) is 1. The monoisotopic (exact) mass is 446 g/mol. The third-order valence-corrected chi connectivity index (χ3v) is 6.00. The number of carboxylic acids is 1. The Balaban J connectivity index is 2.16. The van der Waals surface area contributed by atoms with E-state index in [0.717, 1.165) is 0 Å². The van der Waals surface area contributed by atoms with Crippen LogP contribution in [-0.2, 0) is 15.7 Å². The summed E-state index contributed by atoms with van der Waals surface area (Å²) >= 11 is 5.67. The number of rotatable bonds is 12. The van der Waals surface area contributed by atoms with Gasteiger partial charge in [-0.15, -0.1) is 11.6 Å². The molecule has 29 heavy (non-hydrogen) atoms. The molecule has 0 radical (unpaired) electrons. The Bertz CT molecular complexity index is 886. The molecule has 10 nitrogen and oxygen atoms in total. The molecule has 12 heteroatoms. The maximum atomic E-state index is 13.4. The molecule has 0 fully saturated rings. The van der Waals surface area contributed by atoms with Crippen molar-refractivity contribution in [2.45, 2.75) is 19.4 Å². The predicted molar refractivity (Wildman–Crippen MR) is 104 cm³/mol. The van der Waals surface area contributed by atoms with E-state index in [1.54, 1.807) is 7.05 Å². The van der Waals surface area contributed by atoms with Crippen LogP contribution in [0.3, 0.4) is 0 Å². The Kier molecular flexibility index (Phi) is 8.21. The predicted octanol–water partition coefficient (Wildman–Crippen LogP) is 4.54. The molecule has 158 valence electrons.